The minimum Gasteiger partial charge on any atom is -0.299 e. The van der Waals surface area contributed by atoms with E-state index in [-0.39, 0.29) is 5.78 Å². The van der Waals surface area contributed by atoms with Gasteiger partial charge in [0.2, 0.25) is 0 Å². The van der Waals surface area contributed by atoms with Crippen LogP contribution in [0.25, 0.3) is 0 Å². The Labute approximate surface area is 61.7 Å². The predicted octanol–water partition coefficient (Wildman–Crippen LogP) is -0.309. The van der Waals surface area contributed by atoms with Gasteiger partial charge in [-0.1, -0.05) is 0 Å². The molecule has 0 fully saturated rings. The van der Waals surface area contributed by atoms with E-state index in [1.807, 2.05) is 0 Å². The molecule has 0 aromatic rings. The lowest BCUT2D eigenvalue weighted by molar-refractivity contribution is -0.272. The van der Waals surface area contributed by atoms with Gasteiger partial charge in [-0.15, -0.1) is 0 Å². The van der Waals surface area contributed by atoms with Gasteiger partial charge in [0, 0.05) is 0 Å². The van der Waals surface area contributed by atoms with E-state index in [4.69, 9.17) is 0 Å². The first-order valence-corrected chi connectivity index (χ1v) is 2.60. The van der Waals surface area contributed by atoms with Crippen LogP contribution in [0, 0.1) is 0 Å². The van der Waals surface area contributed by atoms with E-state index in [1.54, 1.807) is 0 Å². The Morgan fingerprint density at radius 1 is 1.55 bits per heavy atom. The van der Waals surface area contributed by atoms with Crippen molar-refractivity contribution in [1.82, 2.24) is 0 Å². The number of ketones is 1. The molecular formula is C5H5NO5. The van der Waals surface area contributed by atoms with Crippen molar-refractivity contribution < 1.29 is 24.3 Å². The fourth-order valence-electron chi connectivity index (χ4n) is 0.308. The van der Waals surface area contributed by atoms with E-state index in [2.05, 4.69) is 15.0 Å². The number of nitrogens with zero attached hydrogens (tertiary/aromatic N) is 1. The van der Waals surface area contributed by atoms with Gasteiger partial charge >= 0.3 is 5.97 Å². The van der Waals surface area contributed by atoms with E-state index in [0.29, 0.717) is 0 Å². The van der Waals surface area contributed by atoms with Crippen LogP contribution in [0.3, 0.4) is 0 Å². The minimum atomic E-state index is -0.906. The SMILES string of the molecule is CC(=O)CC(=O)OON=C=O. The summed E-state index contributed by atoms with van der Waals surface area (Å²) in [5, 5.41) is 2.46. The van der Waals surface area contributed by atoms with Gasteiger partial charge in [0.05, 0.1) is 5.16 Å². The first-order chi connectivity index (χ1) is 5.16. The fourth-order valence-corrected chi connectivity index (χ4v) is 0.308. The molecule has 0 heterocycles. The normalized spacial score (nSPS) is 7.73. The average Bonchev–Trinajstić information content (AvgIpc) is 1.86. The maximum atomic E-state index is 10.4. The van der Waals surface area contributed by atoms with E-state index in [1.165, 1.54) is 6.92 Å². The van der Waals surface area contributed by atoms with Crippen LogP contribution in [0.1, 0.15) is 13.3 Å². The van der Waals surface area contributed by atoms with Gasteiger partial charge in [-0.3, -0.25) is 4.79 Å². The molecule has 60 valence electrons. The number of hydrogen-bond acceptors (Lipinski definition) is 6. The first kappa shape index (κ1) is 9.32. The topological polar surface area (TPSA) is 82.0 Å². The summed E-state index contributed by atoms with van der Waals surface area (Å²) in [6.45, 7) is 1.21. The molecule has 0 saturated carbocycles. The predicted molar refractivity (Wildman–Crippen MR) is 30.6 cm³/mol. The van der Waals surface area contributed by atoms with Gasteiger partial charge in [-0.05, 0) is 6.92 Å². The summed E-state index contributed by atoms with van der Waals surface area (Å²) in [5.41, 5.74) is 0. The Morgan fingerprint density at radius 2 is 2.18 bits per heavy atom. The molecule has 0 bridgehead atoms. The van der Waals surface area contributed by atoms with Crippen molar-refractivity contribution in [3.05, 3.63) is 0 Å². The summed E-state index contributed by atoms with van der Waals surface area (Å²) in [6.07, 6.45) is 0.559. The van der Waals surface area contributed by atoms with Crippen LogP contribution in [-0.2, 0) is 24.3 Å². The van der Waals surface area contributed by atoms with Crippen molar-refractivity contribution in [3.8, 4) is 0 Å². The number of rotatable bonds is 4. The summed E-state index contributed by atoms with van der Waals surface area (Å²) in [4.78, 5) is 37.4. The molecule has 0 amide bonds. The average molecular weight is 159 g/mol. The van der Waals surface area contributed by atoms with Gasteiger partial charge in [0.1, 0.15) is 12.2 Å². The summed E-state index contributed by atoms with van der Waals surface area (Å²) in [7, 11) is 0. The molecule has 0 atom stereocenters. The lowest BCUT2D eigenvalue weighted by Gasteiger charge is -1.92. The van der Waals surface area contributed by atoms with E-state index in [9.17, 15) is 14.4 Å². The molecule has 0 rings (SSSR count). The molecule has 0 saturated heterocycles. The number of hydrogen-bond donors (Lipinski definition) is 0. The zero-order chi connectivity index (χ0) is 8.69. The van der Waals surface area contributed by atoms with Gasteiger partial charge < -0.3 is 0 Å². The summed E-state index contributed by atoms with van der Waals surface area (Å²) in [5.74, 6) is -1.27. The first-order valence-electron chi connectivity index (χ1n) is 2.60. The molecule has 0 N–H and O–H groups in total. The van der Waals surface area contributed by atoms with Crippen LogP contribution >= 0.6 is 0 Å². The van der Waals surface area contributed by atoms with Crippen LogP contribution in [0.5, 0.6) is 0 Å². The molecule has 6 nitrogen and oxygen atoms in total. The lowest BCUT2D eigenvalue weighted by Crippen LogP contribution is -2.07. The third-order valence-corrected chi connectivity index (χ3v) is 0.598. The Balaban J connectivity index is 3.53. The Bertz CT molecular complexity index is 205. The highest BCUT2D eigenvalue weighted by Gasteiger charge is 2.07. The highest BCUT2D eigenvalue weighted by molar-refractivity contribution is 5.93. The molecule has 0 aromatic carbocycles. The molecule has 0 spiro atoms. The van der Waals surface area contributed by atoms with Crippen molar-refractivity contribution in [2.75, 3.05) is 0 Å². The fraction of sp³-hybridized carbons (Fsp3) is 0.400. The van der Waals surface area contributed by atoms with Crippen molar-refractivity contribution in [3.63, 3.8) is 0 Å². The summed E-state index contributed by atoms with van der Waals surface area (Å²) >= 11 is 0. The van der Waals surface area contributed by atoms with Crippen LogP contribution < -0.4 is 0 Å². The standard InChI is InChI=1S/C5H5NO5/c1-4(8)2-5(9)10-11-6-3-7/h2H2,1H3. The monoisotopic (exact) mass is 159 g/mol. The summed E-state index contributed by atoms with van der Waals surface area (Å²) < 4.78 is 0. The van der Waals surface area contributed by atoms with Crippen molar-refractivity contribution in [1.29, 1.82) is 0 Å². The molecule has 0 aliphatic rings. The maximum absolute atomic E-state index is 10.4. The van der Waals surface area contributed by atoms with Crippen LogP contribution in [-0.4, -0.2) is 17.8 Å². The van der Waals surface area contributed by atoms with E-state index >= 15 is 0 Å². The minimum absolute atomic E-state index is 0.367. The second kappa shape index (κ2) is 5.13. The molecule has 11 heavy (non-hydrogen) atoms. The largest absolute Gasteiger partial charge is 0.365 e. The van der Waals surface area contributed by atoms with Crippen molar-refractivity contribution in [2.45, 2.75) is 13.3 Å². The smallest absolute Gasteiger partial charge is 0.299 e. The zero-order valence-corrected chi connectivity index (χ0v) is 5.70. The van der Waals surface area contributed by atoms with Crippen LogP contribution in [0.2, 0.25) is 0 Å². The van der Waals surface area contributed by atoms with Crippen molar-refractivity contribution >= 4 is 17.8 Å². The third-order valence-electron chi connectivity index (χ3n) is 0.598. The molecule has 0 aliphatic heterocycles. The van der Waals surface area contributed by atoms with E-state index in [0.717, 1.165) is 6.08 Å². The second-order valence-electron chi connectivity index (χ2n) is 1.59. The highest BCUT2D eigenvalue weighted by atomic mass is 17.3. The second-order valence-corrected chi connectivity index (χ2v) is 1.59. The van der Waals surface area contributed by atoms with Crippen LogP contribution in [0.4, 0.5) is 0 Å². The molecule has 0 unspecified atom stereocenters. The molecule has 0 aromatic heterocycles. The van der Waals surface area contributed by atoms with Crippen molar-refractivity contribution in [2.24, 2.45) is 5.16 Å². The lowest BCUT2D eigenvalue weighted by atomic mass is 10.3. The number of Topliss-reactive ketones (excluding diaryl/α,β-unsaturated/α-hetero) is 1. The number of carbonyl (C=O) groups excluding carboxylic acids is 3. The Hall–Kier alpha value is -1.68. The Kier molecular flexibility index (Phi) is 4.35. The number of carbonyl (C=O) groups is 2. The van der Waals surface area contributed by atoms with E-state index < -0.39 is 12.4 Å². The number of isocyanates is 1. The molecular weight excluding hydrogens is 154 g/mol. The van der Waals surface area contributed by atoms with Gasteiger partial charge in [0.15, 0.2) is 0 Å². The summed E-state index contributed by atoms with van der Waals surface area (Å²) in [6, 6.07) is 0. The van der Waals surface area contributed by atoms with Gasteiger partial charge in [0.25, 0.3) is 6.08 Å². The third kappa shape index (κ3) is 6.20. The van der Waals surface area contributed by atoms with Gasteiger partial charge in [-0.2, -0.15) is 4.99 Å². The maximum Gasteiger partial charge on any atom is 0.365 e. The van der Waals surface area contributed by atoms with Gasteiger partial charge in [-0.25, -0.2) is 14.5 Å². The quantitative estimate of drug-likeness (QED) is 0.185. The molecule has 6 heteroatoms. The molecule has 0 aliphatic carbocycles. The van der Waals surface area contributed by atoms with Crippen LogP contribution in [0.15, 0.2) is 5.16 Å². The molecule has 0 radical (unpaired) electrons. The Morgan fingerprint density at radius 3 is 2.64 bits per heavy atom. The zero-order valence-electron chi connectivity index (χ0n) is 5.70. The highest BCUT2D eigenvalue weighted by Crippen LogP contribution is 1.88.